The second-order valence-corrected chi connectivity index (χ2v) is 3.64. The van der Waals surface area contributed by atoms with Crippen LogP contribution in [-0.4, -0.2) is 30.4 Å². The lowest BCUT2D eigenvalue weighted by Gasteiger charge is -2.16. The zero-order chi connectivity index (χ0) is 10.6. The van der Waals surface area contributed by atoms with E-state index in [1.54, 1.807) is 6.92 Å². The lowest BCUT2D eigenvalue weighted by molar-refractivity contribution is -0.129. The van der Waals surface area contributed by atoms with Crippen molar-refractivity contribution < 1.29 is 9.59 Å². The lowest BCUT2D eigenvalue weighted by Crippen LogP contribution is -2.50. The SMILES string of the molecule is C[C@H](N)C(=O)N[C@H]1CCCCNC1=O.Cl. The Balaban J connectivity index is 0.00000196. The van der Waals surface area contributed by atoms with Crippen molar-refractivity contribution in [2.45, 2.75) is 38.3 Å². The Kier molecular flexibility index (Phi) is 6.27. The summed E-state index contributed by atoms with van der Waals surface area (Å²) in [7, 11) is 0. The van der Waals surface area contributed by atoms with E-state index in [9.17, 15) is 9.59 Å². The molecular formula is C9H18ClN3O2. The third-order valence-electron chi connectivity index (χ3n) is 2.27. The summed E-state index contributed by atoms with van der Waals surface area (Å²) in [6, 6.07) is -0.970. The molecule has 88 valence electrons. The Labute approximate surface area is 95.6 Å². The monoisotopic (exact) mass is 235 g/mol. The van der Waals surface area contributed by atoms with Gasteiger partial charge in [-0.05, 0) is 26.2 Å². The van der Waals surface area contributed by atoms with E-state index >= 15 is 0 Å². The molecule has 0 aromatic rings. The molecule has 0 aromatic heterocycles. The van der Waals surface area contributed by atoms with Crippen molar-refractivity contribution in [2.24, 2.45) is 5.73 Å². The molecule has 0 saturated carbocycles. The average molecular weight is 236 g/mol. The van der Waals surface area contributed by atoms with Gasteiger partial charge in [0.2, 0.25) is 11.8 Å². The van der Waals surface area contributed by atoms with E-state index < -0.39 is 12.1 Å². The van der Waals surface area contributed by atoms with Crippen LogP contribution >= 0.6 is 12.4 Å². The molecule has 1 fully saturated rings. The van der Waals surface area contributed by atoms with E-state index in [1.165, 1.54) is 0 Å². The van der Waals surface area contributed by atoms with Crippen molar-refractivity contribution >= 4 is 24.2 Å². The van der Waals surface area contributed by atoms with Crippen LogP contribution in [0.1, 0.15) is 26.2 Å². The van der Waals surface area contributed by atoms with Crippen molar-refractivity contribution in [3.8, 4) is 0 Å². The molecule has 0 bridgehead atoms. The van der Waals surface area contributed by atoms with E-state index in [2.05, 4.69) is 10.6 Å². The van der Waals surface area contributed by atoms with Crippen molar-refractivity contribution in [2.75, 3.05) is 6.54 Å². The Hall–Kier alpha value is -0.810. The molecule has 2 amide bonds. The number of amides is 2. The topological polar surface area (TPSA) is 84.2 Å². The van der Waals surface area contributed by atoms with Crippen LogP contribution < -0.4 is 16.4 Å². The molecule has 0 radical (unpaired) electrons. The van der Waals surface area contributed by atoms with Crippen molar-refractivity contribution in [3.63, 3.8) is 0 Å². The lowest BCUT2D eigenvalue weighted by atomic mass is 10.1. The summed E-state index contributed by atoms with van der Waals surface area (Å²) < 4.78 is 0. The predicted molar refractivity (Wildman–Crippen MR) is 59.7 cm³/mol. The highest BCUT2D eigenvalue weighted by Crippen LogP contribution is 2.05. The molecule has 5 nitrogen and oxygen atoms in total. The van der Waals surface area contributed by atoms with Crippen LogP contribution in [0.15, 0.2) is 0 Å². The van der Waals surface area contributed by atoms with Gasteiger partial charge in [-0.3, -0.25) is 9.59 Å². The van der Waals surface area contributed by atoms with Crippen LogP contribution in [0.25, 0.3) is 0 Å². The second-order valence-electron chi connectivity index (χ2n) is 3.64. The summed E-state index contributed by atoms with van der Waals surface area (Å²) in [6.07, 6.45) is 2.61. The number of carbonyl (C=O) groups is 2. The third-order valence-corrected chi connectivity index (χ3v) is 2.27. The van der Waals surface area contributed by atoms with E-state index in [1.807, 2.05) is 0 Å². The smallest absolute Gasteiger partial charge is 0.242 e. The molecule has 0 aromatic carbocycles. The molecule has 2 atom stereocenters. The number of carbonyl (C=O) groups excluding carboxylic acids is 2. The van der Waals surface area contributed by atoms with Gasteiger partial charge in [-0.25, -0.2) is 0 Å². The first-order valence-electron chi connectivity index (χ1n) is 4.95. The highest BCUT2D eigenvalue weighted by molar-refractivity contribution is 5.89. The van der Waals surface area contributed by atoms with Crippen LogP contribution in [0.3, 0.4) is 0 Å². The summed E-state index contributed by atoms with van der Waals surface area (Å²) in [5.41, 5.74) is 5.39. The maximum Gasteiger partial charge on any atom is 0.242 e. The third kappa shape index (κ3) is 4.48. The van der Waals surface area contributed by atoms with Gasteiger partial charge in [-0.2, -0.15) is 0 Å². The molecule has 15 heavy (non-hydrogen) atoms. The minimum atomic E-state index is -0.564. The maximum atomic E-state index is 11.4. The average Bonchev–Trinajstić information content (AvgIpc) is 2.32. The molecule has 1 aliphatic rings. The Bertz CT molecular complexity index is 233. The second kappa shape index (κ2) is 6.63. The fourth-order valence-corrected chi connectivity index (χ4v) is 1.38. The quantitative estimate of drug-likeness (QED) is 0.606. The summed E-state index contributed by atoms with van der Waals surface area (Å²) in [4.78, 5) is 22.7. The molecule has 1 saturated heterocycles. The number of halogens is 1. The standard InChI is InChI=1S/C9H17N3O2.ClH/c1-6(10)8(13)12-7-4-2-3-5-11-9(7)14;/h6-7H,2-5,10H2,1H3,(H,11,14)(H,12,13);1H/t6-,7-;/m0./s1. The molecule has 6 heteroatoms. The highest BCUT2D eigenvalue weighted by Gasteiger charge is 2.23. The molecule has 0 aliphatic carbocycles. The Morgan fingerprint density at radius 3 is 2.87 bits per heavy atom. The molecule has 0 unspecified atom stereocenters. The van der Waals surface area contributed by atoms with E-state index in [4.69, 9.17) is 5.73 Å². The zero-order valence-corrected chi connectivity index (χ0v) is 9.60. The Morgan fingerprint density at radius 2 is 2.27 bits per heavy atom. The minimum Gasteiger partial charge on any atom is -0.354 e. The Morgan fingerprint density at radius 1 is 1.60 bits per heavy atom. The fraction of sp³-hybridized carbons (Fsp3) is 0.778. The van der Waals surface area contributed by atoms with Gasteiger partial charge in [0.05, 0.1) is 6.04 Å². The van der Waals surface area contributed by atoms with Gasteiger partial charge < -0.3 is 16.4 Å². The number of rotatable bonds is 2. The van der Waals surface area contributed by atoms with Crippen molar-refractivity contribution in [3.05, 3.63) is 0 Å². The van der Waals surface area contributed by atoms with Gasteiger partial charge in [0, 0.05) is 6.54 Å². The zero-order valence-electron chi connectivity index (χ0n) is 8.79. The molecule has 0 spiro atoms. The first-order chi connectivity index (χ1) is 6.61. The summed E-state index contributed by atoms with van der Waals surface area (Å²) in [5, 5.41) is 5.38. The molecule has 1 rings (SSSR count). The van der Waals surface area contributed by atoms with E-state index in [0.717, 1.165) is 12.8 Å². The fourth-order valence-electron chi connectivity index (χ4n) is 1.38. The van der Waals surface area contributed by atoms with Gasteiger partial charge in [0.15, 0.2) is 0 Å². The first-order valence-corrected chi connectivity index (χ1v) is 4.95. The van der Waals surface area contributed by atoms with Crippen LogP contribution in [0.5, 0.6) is 0 Å². The summed E-state index contributed by atoms with van der Waals surface area (Å²) in [6.45, 7) is 2.30. The number of nitrogens with two attached hydrogens (primary N) is 1. The van der Waals surface area contributed by atoms with Crippen LogP contribution in [-0.2, 0) is 9.59 Å². The normalized spacial score (nSPS) is 23.1. The van der Waals surface area contributed by atoms with Crippen LogP contribution in [0.2, 0.25) is 0 Å². The van der Waals surface area contributed by atoms with Gasteiger partial charge in [-0.15, -0.1) is 12.4 Å². The van der Waals surface area contributed by atoms with Crippen molar-refractivity contribution in [1.82, 2.24) is 10.6 Å². The first kappa shape index (κ1) is 14.2. The van der Waals surface area contributed by atoms with Gasteiger partial charge in [0.25, 0.3) is 0 Å². The van der Waals surface area contributed by atoms with Gasteiger partial charge >= 0.3 is 0 Å². The molecule has 4 N–H and O–H groups in total. The van der Waals surface area contributed by atoms with Gasteiger partial charge in [-0.1, -0.05) is 0 Å². The van der Waals surface area contributed by atoms with E-state index in [0.29, 0.717) is 13.0 Å². The molecule has 1 heterocycles. The number of hydrogen-bond donors (Lipinski definition) is 3. The van der Waals surface area contributed by atoms with Gasteiger partial charge in [0.1, 0.15) is 6.04 Å². The molecular weight excluding hydrogens is 218 g/mol. The minimum absolute atomic E-state index is 0. The van der Waals surface area contributed by atoms with Crippen molar-refractivity contribution in [1.29, 1.82) is 0 Å². The molecule has 1 aliphatic heterocycles. The summed E-state index contributed by atoms with van der Waals surface area (Å²) in [5.74, 6) is -0.372. The van der Waals surface area contributed by atoms with E-state index in [-0.39, 0.29) is 24.2 Å². The predicted octanol–water partition coefficient (Wildman–Crippen LogP) is -0.460. The number of nitrogens with one attached hydrogen (secondary N) is 2. The summed E-state index contributed by atoms with van der Waals surface area (Å²) >= 11 is 0. The number of hydrogen-bond acceptors (Lipinski definition) is 3. The van der Waals surface area contributed by atoms with Crippen LogP contribution in [0.4, 0.5) is 0 Å². The van der Waals surface area contributed by atoms with Crippen LogP contribution in [0, 0.1) is 0 Å². The largest absolute Gasteiger partial charge is 0.354 e. The highest BCUT2D eigenvalue weighted by atomic mass is 35.5. The maximum absolute atomic E-state index is 11.4.